The Balaban J connectivity index is 0.00000364. The summed E-state index contributed by atoms with van der Waals surface area (Å²) in [5, 5.41) is 0. The van der Waals surface area contributed by atoms with Crippen LogP contribution in [0.2, 0.25) is 0 Å². The maximum Gasteiger partial charge on any atom is 0.243 e. The number of carbonyl (C=O) groups is 1. The minimum atomic E-state index is -3.53. The summed E-state index contributed by atoms with van der Waals surface area (Å²) in [5.74, 6) is 0.148. The molecular formula is C19H32ClN3O3S. The number of hydrogen-bond acceptors (Lipinski definition) is 4. The van der Waals surface area contributed by atoms with Crippen molar-refractivity contribution in [2.24, 2.45) is 11.7 Å². The summed E-state index contributed by atoms with van der Waals surface area (Å²) in [6.07, 6.45) is 1.02. The van der Waals surface area contributed by atoms with Crippen molar-refractivity contribution >= 4 is 28.3 Å². The number of hydrogen-bond donors (Lipinski definition) is 1. The van der Waals surface area contributed by atoms with Crippen molar-refractivity contribution < 1.29 is 13.2 Å². The van der Waals surface area contributed by atoms with E-state index >= 15 is 0 Å². The highest BCUT2D eigenvalue weighted by molar-refractivity contribution is 7.89. The molecule has 6 nitrogen and oxygen atoms in total. The van der Waals surface area contributed by atoms with Gasteiger partial charge in [0.1, 0.15) is 0 Å². The van der Waals surface area contributed by atoms with Crippen molar-refractivity contribution in [1.29, 1.82) is 0 Å². The third kappa shape index (κ3) is 5.44. The molecule has 8 heteroatoms. The van der Waals surface area contributed by atoms with Gasteiger partial charge in [0.05, 0.1) is 10.8 Å². The van der Waals surface area contributed by atoms with Gasteiger partial charge in [0.2, 0.25) is 15.9 Å². The fourth-order valence-corrected chi connectivity index (χ4v) is 4.44. The standard InChI is InChI=1S/C19H31N3O3S.ClH/c1-5-14(2)17-6-8-18(9-7-17)26(24,25)22-12-10-21(11-13-22)19(23)15(3)16(4)20;/h6-9,14-16H,5,10-13,20H2,1-4H3;1H. The second-order valence-corrected chi connectivity index (χ2v) is 9.19. The first kappa shape index (κ1) is 23.9. The number of piperazine rings is 1. The Labute approximate surface area is 169 Å². The highest BCUT2D eigenvalue weighted by Gasteiger charge is 2.32. The van der Waals surface area contributed by atoms with E-state index in [1.54, 1.807) is 17.0 Å². The molecule has 154 valence electrons. The number of sulfonamides is 1. The van der Waals surface area contributed by atoms with Crippen LogP contribution in [0.25, 0.3) is 0 Å². The number of nitrogens with zero attached hydrogens (tertiary/aromatic N) is 2. The molecule has 3 unspecified atom stereocenters. The van der Waals surface area contributed by atoms with Crippen molar-refractivity contribution in [3.05, 3.63) is 29.8 Å². The topological polar surface area (TPSA) is 83.7 Å². The lowest BCUT2D eigenvalue weighted by atomic mass is 9.99. The lowest BCUT2D eigenvalue weighted by Gasteiger charge is -2.35. The van der Waals surface area contributed by atoms with E-state index in [0.717, 1.165) is 12.0 Å². The van der Waals surface area contributed by atoms with Gasteiger partial charge in [-0.25, -0.2) is 8.42 Å². The van der Waals surface area contributed by atoms with Gasteiger partial charge in [0, 0.05) is 32.2 Å². The lowest BCUT2D eigenvalue weighted by molar-refractivity contribution is -0.136. The smallest absolute Gasteiger partial charge is 0.243 e. The van der Waals surface area contributed by atoms with E-state index in [1.165, 1.54) is 4.31 Å². The number of carbonyl (C=O) groups excluding carboxylic acids is 1. The maximum absolute atomic E-state index is 12.9. The summed E-state index contributed by atoms with van der Waals surface area (Å²) in [4.78, 5) is 14.4. The monoisotopic (exact) mass is 417 g/mol. The minimum absolute atomic E-state index is 0. The lowest BCUT2D eigenvalue weighted by Crippen LogP contribution is -2.53. The number of amides is 1. The van der Waals surface area contributed by atoms with E-state index in [2.05, 4.69) is 13.8 Å². The molecule has 1 saturated heterocycles. The van der Waals surface area contributed by atoms with Crippen molar-refractivity contribution in [2.75, 3.05) is 26.2 Å². The van der Waals surface area contributed by atoms with E-state index in [9.17, 15) is 13.2 Å². The molecule has 0 aliphatic carbocycles. The zero-order valence-electron chi connectivity index (χ0n) is 16.6. The molecule has 0 aromatic heterocycles. The number of rotatable bonds is 6. The van der Waals surface area contributed by atoms with Crippen LogP contribution in [0.15, 0.2) is 29.2 Å². The molecule has 3 atom stereocenters. The number of benzene rings is 1. The summed E-state index contributed by atoms with van der Waals surface area (Å²) < 4.78 is 27.2. The van der Waals surface area contributed by atoms with Gasteiger partial charge in [0.15, 0.2) is 0 Å². The number of halogens is 1. The molecule has 1 aliphatic rings. The predicted octanol–water partition coefficient (Wildman–Crippen LogP) is 2.44. The molecule has 0 radical (unpaired) electrons. The van der Waals surface area contributed by atoms with E-state index in [4.69, 9.17) is 5.73 Å². The first-order chi connectivity index (χ1) is 12.2. The van der Waals surface area contributed by atoms with Gasteiger partial charge in [-0.05, 0) is 37.0 Å². The molecule has 1 aromatic rings. The van der Waals surface area contributed by atoms with Gasteiger partial charge in [-0.3, -0.25) is 4.79 Å². The van der Waals surface area contributed by atoms with Crippen LogP contribution >= 0.6 is 12.4 Å². The van der Waals surface area contributed by atoms with E-state index in [1.807, 2.05) is 26.0 Å². The Morgan fingerprint density at radius 3 is 2.04 bits per heavy atom. The average molecular weight is 418 g/mol. The summed E-state index contributed by atoms with van der Waals surface area (Å²) >= 11 is 0. The van der Waals surface area contributed by atoms with Crippen LogP contribution in [0.4, 0.5) is 0 Å². The van der Waals surface area contributed by atoms with Gasteiger partial charge < -0.3 is 10.6 Å². The molecule has 1 amide bonds. The van der Waals surface area contributed by atoms with Gasteiger partial charge in [-0.2, -0.15) is 4.31 Å². The van der Waals surface area contributed by atoms with Gasteiger partial charge in [-0.15, -0.1) is 12.4 Å². The second-order valence-electron chi connectivity index (χ2n) is 7.26. The Kier molecular flexibility index (Phi) is 8.73. The SMILES string of the molecule is CCC(C)c1ccc(S(=O)(=O)N2CCN(C(=O)C(C)C(C)N)CC2)cc1.Cl. The van der Waals surface area contributed by atoms with Crippen LogP contribution in [0.3, 0.4) is 0 Å². The highest BCUT2D eigenvalue weighted by Crippen LogP contribution is 2.23. The Hall–Kier alpha value is -1.15. The molecule has 1 heterocycles. The quantitative estimate of drug-likeness (QED) is 0.770. The summed E-state index contributed by atoms with van der Waals surface area (Å²) in [6, 6.07) is 6.95. The minimum Gasteiger partial charge on any atom is -0.340 e. The number of nitrogens with two attached hydrogens (primary N) is 1. The van der Waals surface area contributed by atoms with Gasteiger partial charge in [-0.1, -0.05) is 32.9 Å². The molecular weight excluding hydrogens is 386 g/mol. The second kappa shape index (κ2) is 9.87. The molecule has 27 heavy (non-hydrogen) atoms. The van der Waals surface area contributed by atoms with Crippen LogP contribution < -0.4 is 5.73 Å². The molecule has 2 N–H and O–H groups in total. The van der Waals surface area contributed by atoms with Crippen LogP contribution in [0.1, 0.15) is 45.6 Å². The molecule has 1 fully saturated rings. The van der Waals surface area contributed by atoms with E-state index < -0.39 is 10.0 Å². The largest absolute Gasteiger partial charge is 0.340 e. The third-order valence-corrected chi connectivity index (χ3v) is 7.34. The zero-order chi connectivity index (χ0) is 19.5. The molecule has 0 spiro atoms. The molecule has 0 bridgehead atoms. The summed E-state index contributed by atoms with van der Waals surface area (Å²) in [6.45, 7) is 9.30. The Morgan fingerprint density at radius 1 is 1.07 bits per heavy atom. The normalized spacial score (nSPS) is 19.1. The van der Waals surface area contributed by atoms with Gasteiger partial charge >= 0.3 is 0 Å². The van der Waals surface area contributed by atoms with E-state index in [0.29, 0.717) is 37.0 Å². The summed E-state index contributed by atoms with van der Waals surface area (Å²) in [7, 11) is -3.53. The summed E-state index contributed by atoms with van der Waals surface area (Å²) in [5.41, 5.74) is 6.95. The fourth-order valence-electron chi connectivity index (χ4n) is 3.01. The third-order valence-electron chi connectivity index (χ3n) is 5.43. The molecule has 1 aromatic carbocycles. The average Bonchev–Trinajstić information content (AvgIpc) is 2.66. The predicted molar refractivity (Wildman–Crippen MR) is 111 cm³/mol. The molecule has 2 rings (SSSR count). The van der Waals surface area contributed by atoms with Crippen molar-refractivity contribution in [1.82, 2.24) is 9.21 Å². The van der Waals surface area contributed by atoms with Crippen molar-refractivity contribution in [3.63, 3.8) is 0 Å². The van der Waals surface area contributed by atoms with Crippen LogP contribution in [-0.4, -0.2) is 55.8 Å². The Bertz CT molecular complexity index is 714. The van der Waals surface area contributed by atoms with Crippen LogP contribution in [-0.2, 0) is 14.8 Å². The first-order valence-corrected chi connectivity index (χ1v) is 10.8. The highest BCUT2D eigenvalue weighted by atomic mass is 35.5. The van der Waals surface area contributed by atoms with Crippen LogP contribution in [0, 0.1) is 5.92 Å². The van der Waals surface area contributed by atoms with Crippen LogP contribution in [0.5, 0.6) is 0 Å². The van der Waals surface area contributed by atoms with Gasteiger partial charge in [0.25, 0.3) is 0 Å². The first-order valence-electron chi connectivity index (χ1n) is 9.33. The van der Waals surface area contributed by atoms with Crippen molar-refractivity contribution in [2.45, 2.75) is 51.0 Å². The molecule has 0 saturated carbocycles. The zero-order valence-corrected chi connectivity index (χ0v) is 18.2. The fraction of sp³-hybridized carbons (Fsp3) is 0.632. The molecule has 1 aliphatic heterocycles. The van der Waals surface area contributed by atoms with E-state index in [-0.39, 0.29) is 30.3 Å². The van der Waals surface area contributed by atoms with Crippen molar-refractivity contribution in [3.8, 4) is 0 Å². The maximum atomic E-state index is 12.9. The Morgan fingerprint density at radius 2 is 1.59 bits per heavy atom.